The molecule has 2 nitrogen and oxygen atoms in total. The number of rotatable bonds is 6. The molecule has 0 saturated carbocycles. The minimum absolute atomic E-state index is 0.158. The van der Waals surface area contributed by atoms with Gasteiger partial charge in [-0.25, -0.2) is 0 Å². The summed E-state index contributed by atoms with van der Waals surface area (Å²) in [7, 11) is 0. The van der Waals surface area contributed by atoms with Gasteiger partial charge in [0, 0.05) is 44.1 Å². The van der Waals surface area contributed by atoms with Crippen LogP contribution >= 0.6 is 0 Å². The lowest BCUT2D eigenvalue weighted by molar-refractivity contribution is 0.659. The van der Waals surface area contributed by atoms with Crippen molar-refractivity contribution in [3.8, 4) is 16.8 Å². The number of para-hydroxylation sites is 2. The molecule has 0 fully saturated rings. The van der Waals surface area contributed by atoms with E-state index < -0.39 is 0 Å². The lowest BCUT2D eigenvalue weighted by Crippen LogP contribution is -2.30. The first-order valence-corrected chi connectivity index (χ1v) is 14.4. The fourth-order valence-corrected chi connectivity index (χ4v) is 6.80. The van der Waals surface area contributed by atoms with Crippen LogP contribution in [0.5, 0.6) is 0 Å². The second kappa shape index (κ2) is 9.67. The highest BCUT2D eigenvalue weighted by atomic mass is 15.1. The molecule has 0 amide bonds. The molecule has 1 aromatic heterocycles. The first-order chi connectivity index (χ1) is 20.0. The number of hydrogen-bond acceptors (Lipinski definition) is 1. The minimum Gasteiger partial charge on any atom is -0.311 e. The maximum Gasteiger partial charge on any atom is 0.0540 e. The summed E-state index contributed by atoms with van der Waals surface area (Å²) in [5.41, 5.74) is 10.9. The molecule has 0 atom stereocenters. The summed E-state index contributed by atoms with van der Waals surface area (Å²) >= 11 is 0. The van der Waals surface area contributed by atoms with Gasteiger partial charge in [-0.3, -0.25) is 0 Å². The molecule has 0 radical (unpaired) electrons. The van der Waals surface area contributed by atoms with E-state index in [2.05, 4.69) is 134 Å². The summed E-state index contributed by atoms with van der Waals surface area (Å²) < 4.78 is 2.46. The molecular formula is C39H34N2. The third-order valence-electron chi connectivity index (χ3n) is 8.73. The Morgan fingerprint density at radius 2 is 1.49 bits per heavy atom. The molecule has 0 spiro atoms. The van der Waals surface area contributed by atoms with Crippen LogP contribution in [0.3, 0.4) is 0 Å². The van der Waals surface area contributed by atoms with Gasteiger partial charge in [-0.2, -0.15) is 0 Å². The lowest BCUT2D eigenvalue weighted by atomic mass is 9.82. The highest BCUT2D eigenvalue weighted by Gasteiger charge is 2.36. The highest BCUT2D eigenvalue weighted by molar-refractivity contribution is 5.87. The van der Waals surface area contributed by atoms with Crippen LogP contribution in [0.2, 0.25) is 0 Å². The Labute approximate surface area is 242 Å². The number of allylic oxidation sites excluding steroid dienone is 3. The smallest absolute Gasteiger partial charge is 0.0540 e. The van der Waals surface area contributed by atoms with Crippen LogP contribution in [0.4, 0.5) is 11.4 Å². The third-order valence-corrected chi connectivity index (χ3v) is 8.73. The summed E-state index contributed by atoms with van der Waals surface area (Å²) in [4.78, 5) is 2.25. The molecule has 0 bridgehead atoms. The largest absolute Gasteiger partial charge is 0.311 e. The standard InChI is InChI=1S/C39H34N2/c1-5-14-27(6-2)40(28-15-8-7-9-16-28)29-21-23-31-32-24-22-30(26-36(32)39(3,4)35(31)25-29)41-37-19-12-10-17-33(37)34-18-11-13-20-38(34)41/h5-10,12,14-26H,1-2,11,13H2,3-4H3/b27-14+. The first kappa shape index (κ1) is 25.2. The van der Waals surface area contributed by atoms with Crippen LogP contribution in [-0.4, -0.2) is 4.57 Å². The summed E-state index contributed by atoms with van der Waals surface area (Å²) in [5.74, 6) is 0. The van der Waals surface area contributed by atoms with Crippen LogP contribution in [0, 0.1) is 0 Å². The van der Waals surface area contributed by atoms with Gasteiger partial charge in [0.25, 0.3) is 0 Å². The molecule has 5 aromatic rings. The Bertz CT molecular complexity index is 2000. The van der Waals surface area contributed by atoms with Gasteiger partial charge in [0.2, 0.25) is 0 Å². The zero-order valence-corrected chi connectivity index (χ0v) is 23.8. The SMILES string of the molecule is C=C/C=C(\C=C)N(c1ccccc1)c1ccc2c(c1)C(C)(C)c1cc(-n3c4c(c5ccccc53)=CCCC=4)ccc1-2. The van der Waals surface area contributed by atoms with Gasteiger partial charge in [0.1, 0.15) is 0 Å². The van der Waals surface area contributed by atoms with Crippen molar-refractivity contribution in [1.82, 2.24) is 4.57 Å². The van der Waals surface area contributed by atoms with E-state index in [4.69, 9.17) is 0 Å². The third kappa shape index (κ3) is 3.86. The maximum atomic E-state index is 4.11. The van der Waals surface area contributed by atoms with Crippen molar-refractivity contribution < 1.29 is 0 Å². The fourth-order valence-electron chi connectivity index (χ4n) is 6.80. The number of benzene rings is 4. The maximum absolute atomic E-state index is 4.11. The summed E-state index contributed by atoms with van der Waals surface area (Å²) in [6.07, 6.45) is 12.7. The topological polar surface area (TPSA) is 8.17 Å². The zero-order valence-electron chi connectivity index (χ0n) is 23.8. The molecule has 0 unspecified atom stereocenters. The number of nitrogens with zero attached hydrogens (tertiary/aromatic N) is 2. The molecule has 2 aliphatic carbocycles. The van der Waals surface area contributed by atoms with Crippen molar-refractivity contribution in [3.63, 3.8) is 0 Å². The number of anilines is 2. The van der Waals surface area contributed by atoms with Crippen LogP contribution < -0.4 is 15.5 Å². The lowest BCUT2D eigenvalue weighted by Gasteiger charge is -2.28. The van der Waals surface area contributed by atoms with Gasteiger partial charge in [-0.15, -0.1) is 0 Å². The number of hydrogen-bond donors (Lipinski definition) is 0. The summed E-state index contributed by atoms with van der Waals surface area (Å²) in [6.45, 7) is 12.8. The molecule has 0 aliphatic heterocycles. The van der Waals surface area contributed by atoms with Gasteiger partial charge in [-0.1, -0.05) is 93.8 Å². The fraction of sp³-hybridized carbons (Fsp3) is 0.128. The molecule has 7 rings (SSSR count). The van der Waals surface area contributed by atoms with Crippen molar-refractivity contribution in [3.05, 3.63) is 150 Å². The Hall–Kier alpha value is -4.82. The predicted octanol–water partition coefficient (Wildman–Crippen LogP) is 8.69. The van der Waals surface area contributed by atoms with E-state index in [1.165, 1.54) is 49.4 Å². The Balaban J connectivity index is 1.39. The Morgan fingerprint density at radius 1 is 0.780 bits per heavy atom. The summed E-state index contributed by atoms with van der Waals surface area (Å²) in [5, 5.41) is 4.02. The predicted molar refractivity (Wildman–Crippen MR) is 175 cm³/mol. The second-order valence-electron chi connectivity index (χ2n) is 11.4. The van der Waals surface area contributed by atoms with Crippen molar-refractivity contribution in [1.29, 1.82) is 0 Å². The average molecular weight is 531 g/mol. The van der Waals surface area contributed by atoms with Gasteiger partial charge in [0.15, 0.2) is 0 Å². The molecule has 2 heteroatoms. The van der Waals surface area contributed by atoms with Gasteiger partial charge < -0.3 is 9.47 Å². The normalized spacial score (nSPS) is 14.8. The van der Waals surface area contributed by atoms with Crippen LogP contribution in [0.15, 0.2) is 128 Å². The molecular weight excluding hydrogens is 496 g/mol. The van der Waals surface area contributed by atoms with E-state index in [1.807, 2.05) is 24.3 Å². The molecule has 200 valence electrons. The van der Waals surface area contributed by atoms with Crippen LogP contribution in [0.25, 0.3) is 39.9 Å². The molecule has 0 saturated heterocycles. The molecule has 2 aliphatic rings. The Morgan fingerprint density at radius 3 is 2.27 bits per heavy atom. The van der Waals surface area contributed by atoms with Crippen molar-refractivity contribution in [2.45, 2.75) is 32.1 Å². The molecule has 41 heavy (non-hydrogen) atoms. The molecule has 0 N–H and O–H groups in total. The van der Waals surface area contributed by atoms with E-state index in [-0.39, 0.29) is 5.41 Å². The number of fused-ring (bicyclic) bond motifs is 6. The van der Waals surface area contributed by atoms with Gasteiger partial charge in [-0.05, 0) is 89.7 Å². The van der Waals surface area contributed by atoms with E-state index in [0.717, 1.165) is 29.9 Å². The monoisotopic (exact) mass is 530 g/mol. The quantitative estimate of drug-likeness (QED) is 0.199. The van der Waals surface area contributed by atoms with E-state index in [0.29, 0.717) is 0 Å². The van der Waals surface area contributed by atoms with E-state index in [1.54, 1.807) is 0 Å². The second-order valence-corrected chi connectivity index (χ2v) is 11.4. The Kier molecular flexibility index (Phi) is 5.94. The first-order valence-electron chi connectivity index (χ1n) is 14.4. The highest BCUT2D eigenvalue weighted by Crippen LogP contribution is 2.50. The van der Waals surface area contributed by atoms with Crippen molar-refractivity contribution >= 4 is 34.4 Å². The minimum atomic E-state index is -0.158. The zero-order chi connectivity index (χ0) is 28.1. The van der Waals surface area contributed by atoms with Gasteiger partial charge in [0.05, 0.1) is 5.52 Å². The summed E-state index contributed by atoms with van der Waals surface area (Å²) in [6, 6.07) is 33.2. The van der Waals surface area contributed by atoms with Crippen molar-refractivity contribution in [2.75, 3.05) is 4.90 Å². The van der Waals surface area contributed by atoms with E-state index in [9.17, 15) is 0 Å². The average Bonchev–Trinajstić information content (AvgIpc) is 3.46. The molecule has 1 heterocycles. The van der Waals surface area contributed by atoms with Crippen LogP contribution in [-0.2, 0) is 5.41 Å². The van der Waals surface area contributed by atoms with E-state index >= 15 is 0 Å². The number of aromatic nitrogens is 1. The molecule has 4 aromatic carbocycles. The van der Waals surface area contributed by atoms with Crippen molar-refractivity contribution in [2.24, 2.45) is 0 Å². The van der Waals surface area contributed by atoms with Gasteiger partial charge >= 0.3 is 0 Å². The van der Waals surface area contributed by atoms with Crippen LogP contribution in [0.1, 0.15) is 37.8 Å².